The van der Waals surface area contributed by atoms with Gasteiger partial charge in [0.2, 0.25) is 0 Å². The lowest BCUT2D eigenvalue weighted by molar-refractivity contribution is 0.0509. The highest BCUT2D eigenvalue weighted by atomic mass is 16.6. The molecule has 1 N–H and O–H groups in total. The Balaban J connectivity index is 1.67. The number of piperidine rings is 1. The molecule has 2 aliphatic rings. The molecular weight excluding hydrogens is 228 g/mol. The zero-order chi connectivity index (χ0) is 13.2. The van der Waals surface area contributed by atoms with Gasteiger partial charge in [-0.2, -0.15) is 0 Å². The first kappa shape index (κ1) is 13.7. The Morgan fingerprint density at radius 1 is 1.28 bits per heavy atom. The van der Waals surface area contributed by atoms with E-state index in [0.29, 0.717) is 12.1 Å². The molecule has 1 aliphatic carbocycles. The van der Waals surface area contributed by atoms with Crippen LogP contribution in [0.25, 0.3) is 0 Å². The third-order valence-corrected chi connectivity index (χ3v) is 3.87. The topological polar surface area (TPSA) is 41.6 Å². The van der Waals surface area contributed by atoms with Crippen LogP contribution < -0.4 is 5.32 Å². The highest BCUT2D eigenvalue weighted by Crippen LogP contribution is 2.47. The Morgan fingerprint density at radius 3 is 2.61 bits per heavy atom. The molecule has 1 aliphatic heterocycles. The molecular formula is C14H26N2O2. The Bertz CT molecular complexity index is 305. The van der Waals surface area contributed by atoms with Crippen LogP contribution in [0.5, 0.6) is 0 Å². The summed E-state index contributed by atoms with van der Waals surface area (Å²) < 4.78 is 5.23. The van der Waals surface area contributed by atoms with Crippen molar-refractivity contribution in [1.82, 2.24) is 10.2 Å². The molecule has 1 heterocycles. The lowest BCUT2D eigenvalue weighted by Crippen LogP contribution is -2.46. The molecule has 2 rings (SSSR count). The van der Waals surface area contributed by atoms with E-state index in [1.54, 1.807) is 0 Å². The second-order valence-electron chi connectivity index (χ2n) is 6.60. The lowest BCUT2D eigenvalue weighted by atomic mass is 10.0. The van der Waals surface area contributed by atoms with Crippen LogP contribution in [0.2, 0.25) is 0 Å². The molecule has 0 aromatic rings. The third kappa shape index (κ3) is 3.61. The predicted octanol–water partition coefficient (Wildman–Crippen LogP) is 2.53. The molecule has 2 fully saturated rings. The quantitative estimate of drug-likeness (QED) is 0.841. The van der Waals surface area contributed by atoms with E-state index in [-0.39, 0.29) is 6.09 Å². The fourth-order valence-electron chi connectivity index (χ4n) is 2.82. The SMILES string of the molecule is CC(C)(C)OC(=O)NCCN1CCCCC12CC2. The number of alkyl carbamates (subject to hydrolysis) is 1. The number of carbonyl (C=O) groups excluding carboxylic acids is 1. The second kappa shape index (κ2) is 5.08. The highest BCUT2D eigenvalue weighted by molar-refractivity contribution is 5.67. The summed E-state index contributed by atoms with van der Waals surface area (Å²) >= 11 is 0. The molecule has 0 unspecified atom stereocenters. The molecule has 1 amide bonds. The van der Waals surface area contributed by atoms with Crippen molar-refractivity contribution >= 4 is 6.09 Å². The first-order valence-electron chi connectivity index (χ1n) is 7.13. The number of nitrogens with one attached hydrogen (secondary N) is 1. The van der Waals surface area contributed by atoms with E-state index in [2.05, 4.69) is 10.2 Å². The van der Waals surface area contributed by atoms with Crippen LogP contribution in [0.4, 0.5) is 4.79 Å². The summed E-state index contributed by atoms with van der Waals surface area (Å²) in [6, 6.07) is 0. The average Bonchev–Trinajstić information content (AvgIpc) is 2.99. The molecule has 104 valence electrons. The van der Waals surface area contributed by atoms with Gasteiger partial charge in [0.15, 0.2) is 0 Å². The maximum atomic E-state index is 11.5. The summed E-state index contributed by atoms with van der Waals surface area (Å²) in [7, 11) is 0. The van der Waals surface area contributed by atoms with Crippen LogP contribution in [0.15, 0.2) is 0 Å². The minimum absolute atomic E-state index is 0.302. The van der Waals surface area contributed by atoms with Crippen molar-refractivity contribution in [2.24, 2.45) is 0 Å². The Labute approximate surface area is 110 Å². The monoisotopic (exact) mass is 254 g/mol. The van der Waals surface area contributed by atoms with E-state index >= 15 is 0 Å². The summed E-state index contributed by atoms with van der Waals surface area (Å²) in [6.45, 7) is 8.50. The summed E-state index contributed by atoms with van der Waals surface area (Å²) in [5.74, 6) is 0. The molecule has 0 aromatic heterocycles. The van der Waals surface area contributed by atoms with Crippen LogP contribution in [-0.4, -0.2) is 41.8 Å². The van der Waals surface area contributed by atoms with Gasteiger partial charge in [-0.05, 0) is 53.0 Å². The van der Waals surface area contributed by atoms with Crippen LogP contribution >= 0.6 is 0 Å². The van der Waals surface area contributed by atoms with Gasteiger partial charge in [-0.15, -0.1) is 0 Å². The van der Waals surface area contributed by atoms with Gasteiger partial charge in [0, 0.05) is 18.6 Å². The summed E-state index contributed by atoms with van der Waals surface area (Å²) in [5, 5.41) is 2.85. The second-order valence-corrected chi connectivity index (χ2v) is 6.60. The molecule has 1 saturated heterocycles. The van der Waals surface area contributed by atoms with Crippen molar-refractivity contribution in [2.75, 3.05) is 19.6 Å². The summed E-state index contributed by atoms with van der Waals surface area (Å²) in [4.78, 5) is 14.1. The van der Waals surface area contributed by atoms with Crippen molar-refractivity contribution in [1.29, 1.82) is 0 Å². The van der Waals surface area contributed by atoms with Gasteiger partial charge < -0.3 is 10.1 Å². The van der Waals surface area contributed by atoms with Crippen LogP contribution in [0, 0.1) is 0 Å². The largest absolute Gasteiger partial charge is 0.444 e. The van der Waals surface area contributed by atoms with Crippen molar-refractivity contribution in [3.8, 4) is 0 Å². The number of ether oxygens (including phenoxy) is 1. The summed E-state index contributed by atoms with van der Waals surface area (Å²) in [5.41, 5.74) is 0.0980. The number of rotatable bonds is 3. The number of amides is 1. The number of nitrogens with zero attached hydrogens (tertiary/aromatic N) is 1. The molecule has 0 aromatic carbocycles. The fraction of sp³-hybridized carbons (Fsp3) is 0.929. The van der Waals surface area contributed by atoms with Gasteiger partial charge in [-0.3, -0.25) is 4.90 Å². The van der Waals surface area contributed by atoms with Crippen LogP contribution in [0.1, 0.15) is 52.9 Å². The molecule has 1 saturated carbocycles. The lowest BCUT2D eigenvalue weighted by Gasteiger charge is -2.36. The minimum Gasteiger partial charge on any atom is -0.444 e. The van der Waals surface area contributed by atoms with Crippen molar-refractivity contribution in [3.63, 3.8) is 0 Å². The fourth-order valence-corrected chi connectivity index (χ4v) is 2.82. The van der Waals surface area contributed by atoms with Gasteiger partial charge in [-0.1, -0.05) is 6.42 Å². The first-order valence-corrected chi connectivity index (χ1v) is 7.13. The standard InChI is InChI=1S/C14H26N2O2/c1-13(2,3)18-12(17)15-9-11-16-10-5-4-6-14(16)7-8-14/h4-11H2,1-3H3,(H,15,17). The van der Waals surface area contributed by atoms with Crippen molar-refractivity contribution in [3.05, 3.63) is 0 Å². The number of hydrogen-bond donors (Lipinski definition) is 1. The average molecular weight is 254 g/mol. The maximum Gasteiger partial charge on any atom is 0.407 e. The van der Waals surface area contributed by atoms with Gasteiger partial charge in [-0.25, -0.2) is 4.79 Å². The number of likely N-dealkylation sites (tertiary alicyclic amines) is 1. The van der Waals surface area contributed by atoms with Crippen LogP contribution in [0.3, 0.4) is 0 Å². The summed E-state index contributed by atoms with van der Waals surface area (Å²) in [6.07, 6.45) is 6.41. The maximum absolute atomic E-state index is 11.5. The predicted molar refractivity (Wildman–Crippen MR) is 71.6 cm³/mol. The van der Waals surface area contributed by atoms with Crippen LogP contribution in [-0.2, 0) is 4.74 Å². The molecule has 0 radical (unpaired) electrons. The normalized spacial score (nSPS) is 22.8. The zero-order valence-corrected chi connectivity index (χ0v) is 11.9. The Hall–Kier alpha value is -0.770. The Morgan fingerprint density at radius 2 is 2.00 bits per heavy atom. The van der Waals surface area contributed by atoms with Gasteiger partial charge in [0.05, 0.1) is 0 Å². The molecule has 1 spiro atoms. The molecule has 4 nitrogen and oxygen atoms in total. The van der Waals surface area contributed by atoms with E-state index in [4.69, 9.17) is 4.74 Å². The zero-order valence-electron chi connectivity index (χ0n) is 11.9. The smallest absolute Gasteiger partial charge is 0.407 e. The third-order valence-electron chi connectivity index (χ3n) is 3.87. The first-order chi connectivity index (χ1) is 8.41. The van der Waals surface area contributed by atoms with E-state index in [1.807, 2.05) is 20.8 Å². The number of hydrogen-bond acceptors (Lipinski definition) is 3. The van der Waals surface area contributed by atoms with Crippen molar-refractivity contribution < 1.29 is 9.53 Å². The van der Waals surface area contributed by atoms with Crippen molar-refractivity contribution in [2.45, 2.75) is 64.0 Å². The Kier molecular flexibility index (Phi) is 3.85. The van der Waals surface area contributed by atoms with E-state index in [0.717, 1.165) is 6.54 Å². The minimum atomic E-state index is -0.410. The molecule has 0 bridgehead atoms. The molecule has 18 heavy (non-hydrogen) atoms. The molecule has 0 atom stereocenters. The highest BCUT2D eigenvalue weighted by Gasteiger charge is 2.48. The van der Waals surface area contributed by atoms with E-state index in [1.165, 1.54) is 38.6 Å². The van der Waals surface area contributed by atoms with Gasteiger partial charge >= 0.3 is 6.09 Å². The van der Waals surface area contributed by atoms with Gasteiger partial charge in [0.1, 0.15) is 5.60 Å². The number of carbonyl (C=O) groups is 1. The molecule has 4 heteroatoms. The van der Waals surface area contributed by atoms with E-state index in [9.17, 15) is 4.79 Å². The van der Waals surface area contributed by atoms with Gasteiger partial charge in [0.25, 0.3) is 0 Å². The van der Waals surface area contributed by atoms with E-state index < -0.39 is 5.60 Å².